The Morgan fingerprint density at radius 2 is 1.81 bits per heavy atom. The Labute approximate surface area is 220 Å². The highest BCUT2D eigenvalue weighted by atomic mass is 32.1. The smallest absolute Gasteiger partial charge is 0.282 e. The second-order valence-corrected chi connectivity index (χ2v) is 10.7. The number of thiazole rings is 1. The molecule has 4 heterocycles. The summed E-state index contributed by atoms with van der Waals surface area (Å²) in [6.07, 6.45) is 3.33. The number of hydrogen-bond acceptors (Lipinski definition) is 6. The third-order valence-corrected chi connectivity index (χ3v) is 8.37. The molecule has 3 aromatic rings. The van der Waals surface area contributed by atoms with E-state index >= 15 is 0 Å². The minimum atomic E-state index is -0.00629. The van der Waals surface area contributed by atoms with E-state index in [-0.39, 0.29) is 23.8 Å². The van der Waals surface area contributed by atoms with Crippen molar-refractivity contribution in [1.29, 1.82) is 0 Å². The average Bonchev–Trinajstić information content (AvgIpc) is 3.68. The minimum absolute atomic E-state index is 0.00629. The summed E-state index contributed by atoms with van der Waals surface area (Å²) in [6, 6.07) is 16.0. The monoisotopic (exact) mass is 515 g/mol. The van der Waals surface area contributed by atoms with Gasteiger partial charge in [0.25, 0.3) is 5.91 Å². The van der Waals surface area contributed by atoms with Crippen LogP contribution < -0.4 is 9.80 Å². The maximum Gasteiger partial charge on any atom is 0.282 e. The van der Waals surface area contributed by atoms with Gasteiger partial charge in [-0.3, -0.25) is 19.3 Å². The molecule has 6 rings (SSSR count). The molecule has 2 fully saturated rings. The SMILES string of the molecule is O=C(c1nccs1)N1CCN(C2CC(=O)N(c3ccc4c(c3)CCN4C(=O)Cc3ccccc3)C2)CC1. The summed E-state index contributed by atoms with van der Waals surface area (Å²) in [5.41, 5.74) is 3.99. The summed E-state index contributed by atoms with van der Waals surface area (Å²) in [5.74, 6) is 0.219. The lowest BCUT2D eigenvalue weighted by Crippen LogP contribution is -2.52. The third kappa shape index (κ3) is 4.76. The van der Waals surface area contributed by atoms with Crippen LogP contribution in [0.3, 0.4) is 0 Å². The first-order valence-corrected chi connectivity index (χ1v) is 13.7. The van der Waals surface area contributed by atoms with Crippen molar-refractivity contribution in [3.63, 3.8) is 0 Å². The Bertz CT molecular complexity index is 1300. The third-order valence-electron chi connectivity index (χ3n) is 7.61. The van der Waals surface area contributed by atoms with Gasteiger partial charge in [0.05, 0.1) is 6.42 Å². The Morgan fingerprint density at radius 1 is 1.00 bits per heavy atom. The number of aromatic nitrogens is 1. The molecule has 2 saturated heterocycles. The zero-order valence-corrected chi connectivity index (χ0v) is 21.4. The Hall–Kier alpha value is -3.56. The number of fused-ring (bicyclic) bond motifs is 1. The highest BCUT2D eigenvalue weighted by Crippen LogP contribution is 2.34. The summed E-state index contributed by atoms with van der Waals surface area (Å²) >= 11 is 1.37. The molecular formula is C28H29N5O3S. The molecule has 0 bridgehead atoms. The van der Waals surface area contributed by atoms with E-state index in [0.29, 0.717) is 44.0 Å². The van der Waals surface area contributed by atoms with Crippen molar-refractivity contribution < 1.29 is 14.4 Å². The Morgan fingerprint density at radius 3 is 2.57 bits per heavy atom. The van der Waals surface area contributed by atoms with Crippen LogP contribution in [0.15, 0.2) is 60.1 Å². The molecule has 3 aliphatic heterocycles. The fourth-order valence-corrected chi connectivity index (χ4v) is 6.22. The van der Waals surface area contributed by atoms with Crippen LogP contribution in [0.1, 0.15) is 27.3 Å². The molecule has 0 radical (unpaired) electrons. The number of carbonyl (C=O) groups excluding carboxylic acids is 3. The van der Waals surface area contributed by atoms with Crippen LogP contribution in [0.25, 0.3) is 0 Å². The first-order valence-electron chi connectivity index (χ1n) is 12.8. The van der Waals surface area contributed by atoms with Gasteiger partial charge in [-0.05, 0) is 35.7 Å². The molecule has 190 valence electrons. The van der Waals surface area contributed by atoms with Crippen molar-refractivity contribution in [1.82, 2.24) is 14.8 Å². The lowest BCUT2D eigenvalue weighted by Gasteiger charge is -2.37. The lowest BCUT2D eigenvalue weighted by atomic mass is 10.1. The fourth-order valence-electron chi connectivity index (χ4n) is 5.62. The van der Waals surface area contributed by atoms with Gasteiger partial charge in [0.15, 0.2) is 5.01 Å². The van der Waals surface area contributed by atoms with Crippen molar-refractivity contribution in [2.24, 2.45) is 0 Å². The van der Waals surface area contributed by atoms with Crippen molar-refractivity contribution in [2.75, 3.05) is 49.1 Å². The van der Waals surface area contributed by atoms with Crippen LogP contribution in [0.2, 0.25) is 0 Å². The summed E-state index contributed by atoms with van der Waals surface area (Å²) in [6.45, 7) is 4.13. The van der Waals surface area contributed by atoms with E-state index in [9.17, 15) is 14.4 Å². The molecule has 3 aliphatic rings. The minimum Gasteiger partial charge on any atom is -0.334 e. The van der Waals surface area contributed by atoms with Gasteiger partial charge in [-0.1, -0.05) is 30.3 Å². The molecule has 0 saturated carbocycles. The van der Waals surface area contributed by atoms with Gasteiger partial charge in [0.2, 0.25) is 11.8 Å². The second kappa shape index (κ2) is 10.1. The molecule has 2 aromatic carbocycles. The number of piperazine rings is 1. The molecule has 8 nitrogen and oxygen atoms in total. The van der Waals surface area contributed by atoms with Gasteiger partial charge in [-0.25, -0.2) is 4.98 Å². The number of rotatable bonds is 5. The van der Waals surface area contributed by atoms with E-state index in [0.717, 1.165) is 42.0 Å². The molecule has 3 amide bonds. The van der Waals surface area contributed by atoms with E-state index in [1.54, 1.807) is 6.20 Å². The van der Waals surface area contributed by atoms with E-state index in [2.05, 4.69) is 16.0 Å². The van der Waals surface area contributed by atoms with Gasteiger partial charge >= 0.3 is 0 Å². The van der Waals surface area contributed by atoms with Gasteiger partial charge in [0.1, 0.15) is 0 Å². The maximum atomic E-state index is 13.0. The van der Waals surface area contributed by atoms with E-state index < -0.39 is 0 Å². The van der Waals surface area contributed by atoms with Crippen molar-refractivity contribution in [3.8, 4) is 0 Å². The van der Waals surface area contributed by atoms with E-state index in [1.165, 1.54) is 11.3 Å². The second-order valence-electron chi connectivity index (χ2n) is 9.80. The lowest BCUT2D eigenvalue weighted by molar-refractivity contribution is -0.118. The average molecular weight is 516 g/mol. The largest absolute Gasteiger partial charge is 0.334 e. The van der Waals surface area contributed by atoms with Crippen molar-refractivity contribution in [3.05, 3.63) is 76.2 Å². The quantitative estimate of drug-likeness (QED) is 0.522. The van der Waals surface area contributed by atoms with Gasteiger partial charge in [0, 0.05) is 74.7 Å². The zero-order chi connectivity index (χ0) is 25.4. The highest BCUT2D eigenvalue weighted by Gasteiger charge is 2.37. The van der Waals surface area contributed by atoms with Crippen LogP contribution in [0.4, 0.5) is 11.4 Å². The number of benzene rings is 2. The van der Waals surface area contributed by atoms with Crippen LogP contribution in [0.5, 0.6) is 0 Å². The van der Waals surface area contributed by atoms with Crippen molar-refractivity contribution in [2.45, 2.75) is 25.3 Å². The fraction of sp³-hybridized carbons (Fsp3) is 0.357. The summed E-state index contributed by atoms with van der Waals surface area (Å²) in [7, 11) is 0. The standard InChI is InChI=1S/C28H29N5O3S/c34-25(16-20-4-2-1-3-5-20)32-10-8-21-17-22(6-7-24(21)32)33-19-23(18-26(33)35)30-11-13-31(14-12-30)28(36)27-29-9-15-37-27/h1-7,9,15,17,23H,8,10-14,16,18-19H2. The first kappa shape index (κ1) is 23.8. The summed E-state index contributed by atoms with van der Waals surface area (Å²) in [4.78, 5) is 50.6. The van der Waals surface area contributed by atoms with Crippen LogP contribution >= 0.6 is 11.3 Å². The van der Waals surface area contributed by atoms with Gasteiger partial charge < -0.3 is 14.7 Å². The molecule has 1 unspecified atom stereocenters. The predicted octanol–water partition coefficient (Wildman–Crippen LogP) is 2.84. The zero-order valence-electron chi connectivity index (χ0n) is 20.6. The molecule has 0 aliphatic carbocycles. The van der Waals surface area contributed by atoms with Gasteiger partial charge in [-0.2, -0.15) is 0 Å². The maximum absolute atomic E-state index is 13.0. The summed E-state index contributed by atoms with van der Waals surface area (Å²) < 4.78 is 0. The number of hydrogen-bond donors (Lipinski definition) is 0. The van der Waals surface area contributed by atoms with Crippen molar-refractivity contribution >= 4 is 40.4 Å². The van der Waals surface area contributed by atoms with Crippen LogP contribution in [-0.2, 0) is 22.4 Å². The highest BCUT2D eigenvalue weighted by molar-refractivity contribution is 7.11. The normalized spacial score (nSPS) is 19.9. The predicted molar refractivity (Wildman–Crippen MR) is 143 cm³/mol. The number of amides is 3. The molecule has 0 N–H and O–H groups in total. The van der Waals surface area contributed by atoms with E-state index in [1.807, 2.05) is 62.5 Å². The number of nitrogens with zero attached hydrogens (tertiary/aromatic N) is 5. The molecule has 37 heavy (non-hydrogen) atoms. The Kier molecular flexibility index (Phi) is 6.48. The molecule has 1 atom stereocenters. The van der Waals surface area contributed by atoms with Crippen LogP contribution in [-0.4, -0.2) is 77.8 Å². The number of anilines is 2. The molecular weight excluding hydrogens is 486 g/mol. The molecule has 1 aromatic heterocycles. The molecule has 0 spiro atoms. The molecule has 9 heteroatoms. The first-order chi connectivity index (χ1) is 18.1. The number of carbonyl (C=O) groups is 3. The topological polar surface area (TPSA) is 77.1 Å². The summed E-state index contributed by atoms with van der Waals surface area (Å²) in [5, 5.41) is 2.36. The van der Waals surface area contributed by atoms with Crippen LogP contribution in [0, 0.1) is 0 Å². The van der Waals surface area contributed by atoms with Gasteiger partial charge in [-0.15, -0.1) is 11.3 Å². The Balaban J connectivity index is 1.08. The van der Waals surface area contributed by atoms with E-state index in [4.69, 9.17) is 0 Å².